The molecule has 1 amide bonds. The summed E-state index contributed by atoms with van der Waals surface area (Å²) < 4.78 is 5.55. The molecule has 0 atom stereocenters. The number of aromatic nitrogens is 1. The van der Waals surface area contributed by atoms with Crippen LogP contribution in [0.25, 0.3) is 0 Å². The molecule has 0 spiro atoms. The Morgan fingerprint density at radius 2 is 1.97 bits per heavy atom. The molecule has 0 aliphatic heterocycles. The fourth-order valence-corrected chi connectivity index (χ4v) is 3.81. The van der Waals surface area contributed by atoms with Crippen molar-refractivity contribution in [3.63, 3.8) is 0 Å². The van der Waals surface area contributed by atoms with Crippen LogP contribution in [0.1, 0.15) is 42.1 Å². The summed E-state index contributed by atoms with van der Waals surface area (Å²) in [4.78, 5) is 22.1. The van der Waals surface area contributed by atoms with Gasteiger partial charge < -0.3 is 20.7 Å². The minimum Gasteiger partial charge on any atom is -0.484 e. The van der Waals surface area contributed by atoms with Gasteiger partial charge in [0.2, 0.25) is 0 Å². The summed E-state index contributed by atoms with van der Waals surface area (Å²) in [6, 6.07) is 8.26. The van der Waals surface area contributed by atoms with E-state index in [1.54, 1.807) is 11.3 Å². The molecule has 1 saturated carbocycles. The summed E-state index contributed by atoms with van der Waals surface area (Å²) >= 11 is 1.77. The number of nitrogens with one attached hydrogen (secondary N) is 3. The van der Waals surface area contributed by atoms with Gasteiger partial charge in [0.25, 0.3) is 5.91 Å². The smallest absolute Gasteiger partial charge is 0.258 e. The number of amides is 1. The predicted molar refractivity (Wildman–Crippen MR) is 141 cm³/mol. The van der Waals surface area contributed by atoms with Crippen molar-refractivity contribution in [1.82, 2.24) is 20.9 Å². The van der Waals surface area contributed by atoms with Crippen LogP contribution in [-0.4, -0.2) is 49.1 Å². The molecule has 2 aromatic rings. The maximum Gasteiger partial charge on any atom is 0.258 e. The highest BCUT2D eigenvalue weighted by Gasteiger charge is 2.23. The molecule has 7 nitrogen and oxygen atoms in total. The molecule has 176 valence electrons. The number of carbonyl (C=O) groups excluding carboxylic acids is 1. The number of carbonyl (C=O) groups is 1. The van der Waals surface area contributed by atoms with Crippen LogP contribution < -0.4 is 20.7 Å². The number of hydrogen-bond donors (Lipinski definition) is 3. The Kier molecular flexibility index (Phi) is 11.8. The molecule has 0 bridgehead atoms. The molecule has 0 saturated heterocycles. The molecule has 9 heteroatoms. The van der Waals surface area contributed by atoms with E-state index in [4.69, 9.17) is 4.74 Å². The number of thiazole rings is 1. The highest BCUT2D eigenvalue weighted by molar-refractivity contribution is 14.0. The van der Waals surface area contributed by atoms with Crippen molar-refractivity contribution >= 4 is 47.2 Å². The molecule has 1 aliphatic rings. The van der Waals surface area contributed by atoms with Gasteiger partial charge >= 0.3 is 0 Å². The van der Waals surface area contributed by atoms with Gasteiger partial charge in [-0.15, -0.1) is 35.3 Å². The Balaban J connectivity index is 0.00000363. The van der Waals surface area contributed by atoms with Crippen LogP contribution in [0.4, 0.5) is 0 Å². The minimum absolute atomic E-state index is 0. The van der Waals surface area contributed by atoms with Crippen molar-refractivity contribution in [2.24, 2.45) is 4.99 Å². The quantitative estimate of drug-likeness (QED) is 0.207. The van der Waals surface area contributed by atoms with E-state index >= 15 is 0 Å². The van der Waals surface area contributed by atoms with Crippen molar-refractivity contribution in [3.05, 3.63) is 45.9 Å². The Morgan fingerprint density at radius 1 is 1.19 bits per heavy atom. The average molecular weight is 572 g/mol. The zero-order valence-corrected chi connectivity index (χ0v) is 22.0. The van der Waals surface area contributed by atoms with Crippen molar-refractivity contribution in [2.75, 3.05) is 26.2 Å². The summed E-state index contributed by atoms with van der Waals surface area (Å²) in [5.74, 6) is 1.49. The lowest BCUT2D eigenvalue weighted by Gasteiger charge is -2.11. The summed E-state index contributed by atoms with van der Waals surface area (Å²) in [6.45, 7) is 6.61. The molecule has 3 N–H and O–H groups in total. The highest BCUT2D eigenvalue weighted by Crippen LogP contribution is 2.18. The molecule has 32 heavy (non-hydrogen) atoms. The van der Waals surface area contributed by atoms with Gasteiger partial charge in [-0.25, -0.2) is 4.98 Å². The predicted octanol–water partition coefficient (Wildman–Crippen LogP) is 3.32. The monoisotopic (exact) mass is 571 g/mol. The first kappa shape index (κ1) is 26.4. The molecule has 3 rings (SSSR count). The maximum atomic E-state index is 11.7. The number of halogens is 1. The van der Waals surface area contributed by atoms with Crippen LogP contribution in [0.5, 0.6) is 5.75 Å². The first-order valence-electron chi connectivity index (χ1n) is 11.1. The normalized spacial score (nSPS) is 13.2. The van der Waals surface area contributed by atoms with E-state index in [9.17, 15) is 4.79 Å². The van der Waals surface area contributed by atoms with Gasteiger partial charge in [-0.1, -0.05) is 19.1 Å². The SMILES string of the molecule is CCNC(=NCCc1ncc(CC)s1)NCCc1ccc(OCC(=O)NC2CC2)cc1.I. The second kappa shape index (κ2) is 14.3. The van der Waals surface area contributed by atoms with Gasteiger partial charge in [-0.2, -0.15) is 0 Å². The average Bonchev–Trinajstić information content (AvgIpc) is 3.47. The number of aryl methyl sites for hydroxylation is 1. The largest absolute Gasteiger partial charge is 0.484 e. The summed E-state index contributed by atoms with van der Waals surface area (Å²) in [7, 11) is 0. The first-order chi connectivity index (χ1) is 15.2. The number of nitrogens with zero attached hydrogens (tertiary/aromatic N) is 2. The van der Waals surface area contributed by atoms with Gasteiger partial charge in [0, 0.05) is 43.2 Å². The van der Waals surface area contributed by atoms with Crippen LogP contribution in [0.3, 0.4) is 0 Å². The molecular formula is C23H34IN5O2S. The number of guanidine groups is 1. The van der Waals surface area contributed by atoms with Crippen molar-refractivity contribution in [3.8, 4) is 5.75 Å². The maximum absolute atomic E-state index is 11.7. The van der Waals surface area contributed by atoms with Crippen molar-refractivity contribution < 1.29 is 9.53 Å². The molecule has 1 aromatic carbocycles. The van der Waals surface area contributed by atoms with E-state index in [-0.39, 0.29) is 36.5 Å². The number of ether oxygens (including phenoxy) is 1. The van der Waals surface area contributed by atoms with E-state index in [0.29, 0.717) is 18.3 Å². The standard InChI is InChI=1S/C23H33N5O2S.HI/c1-3-20-15-27-22(31-20)12-14-26-23(24-4-2)25-13-11-17-5-9-19(10-6-17)30-16-21(29)28-18-7-8-18;/h5-6,9-10,15,18H,3-4,7-8,11-14,16H2,1-2H3,(H,28,29)(H2,24,25,26);1H. The van der Waals surface area contributed by atoms with Crippen molar-refractivity contribution in [2.45, 2.75) is 52.0 Å². The second-order valence-electron chi connectivity index (χ2n) is 7.54. The lowest BCUT2D eigenvalue weighted by atomic mass is 10.1. The third kappa shape index (κ3) is 9.72. The molecule has 1 heterocycles. The van der Waals surface area contributed by atoms with Crippen LogP contribution in [0, 0.1) is 0 Å². The lowest BCUT2D eigenvalue weighted by Crippen LogP contribution is -2.38. The molecule has 0 unspecified atom stereocenters. The summed E-state index contributed by atoms with van der Waals surface area (Å²) in [5, 5.41) is 10.7. The van der Waals surface area contributed by atoms with Gasteiger partial charge in [0.05, 0.1) is 5.01 Å². The van der Waals surface area contributed by atoms with Gasteiger partial charge in [0.1, 0.15) is 5.75 Å². The first-order valence-corrected chi connectivity index (χ1v) is 11.9. The van der Waals surface area contributed by atoms with Crippen LogP contribution >= 0.6 is 35.3 Å². The zero-order valence-electron chi connectivity index (χ0n) is 18.9. The number of aliphatic imine (C=N–C) groups is 1. The molecule has 0 radical (unpaired) electrons. The van der Waals surface area contributed by atoms with Crippen molar-refractivity contribution in [1.29, 1.82) is 0 Å². The van der Waals surface area contributed by atoms with E-state index in [1.165, 1.54) is 10.4 Å². The fourth-order valence-electron chi connectivity index (χ4n) is 2.96. The third-order valence-corrected chi connectivity index (χ3v) is 6.03. The zero-order chi connectivity index (χ0) is 21.9. The van der Waals surface area contributed by atoms with E-state index in [0.717, 1.165) is 56.2 Å². The number of hydrogen-bond acceptors (Lipinski definition) is 5. The van der Waals surface area contributed by atoms with Crippen LogP contribution in [0.2, 0.25) is 0 Å². The van der Waals surface area contributed by atoms with Crippen LogP contribution in [-0.2, 0) is 24.1 Å². The van der Waals surface area contributed by atoms with E-state index in [2.05, 4.69) is 39.8 Å². The van der Waals surface area contributed by atoms with Gasteiger partial charge in [-0.05, 0) is 50.3 Å². The Hall–Kier alpha value is -1.88. The molecule has 1 aliphatic carbocycles. The molecule has 1 fully saturated rings. The van der Waals surface area contributed by atoms with Gasteiger partial charge in [-0.3, -0.25) is 9.79 Å². The highest BCUT2D eigenvalue weighted by atomic mass is 127. The Morgan fingerprint density at radius 3 is 2.62 bits per heavy atom. The Bertz CT molecular complexity index is 852. The Labute approximate surface area is 211 Å². The second-order valence-corrected chi connectivity index (χ2v) is 8.74. The minimum atomic E-state index is -0.0494. The number of rotatable bonds is 12. The van der Waals surface area contributed by atoms with Crippen LogP contribution in [0.15, 0.2) is 35.5 Å². The van der Waals surface area contributed by atoms with E-state index < -0.39 is 0 Å². The lowest BCUT2D eigenvalue weighted by molar-refractivity contribution is -0.123. The number of benzene rings is 1. The van der Waals surface area contributed by atoms with Gasteiger partial charge in [0.15, 0.2) is 12.6 Å². The molecule has 1 aromatic heterocycles. The summed E-state index contributed by atoms with van der Waals surface area (Å²) in [6.07, 6.45) is 6.90. The third-order valence-electron chi connectivity index (χ3n) is 4.83. The summed E-state index contributed by atoms with van der Waals surface area (Å²) in [5.41, 5.74) is 1.20. The van der Waals surface area contributed by atoms with E-state index in [1.807, 2.05) is 30.5 Å². The topological polar surface area (TPSA) is 87.6 Å². The fraction of sp³-hybridized carbons (Fsp3) is 0.522. The molecular weight excluding hydrogens is 537 g/mol.